The minimum atomic E-state index is -4.66. The van der Waals surface area contributed by atoms with Gasteiger partial charge in [-0.25, -0.2) is 0 Å². The lowest BCUT2D eigenvalue weighted by Crippen LogP contribution is -2.22. The third-order valence-corrected chi connectivity index (χ3v) is 3.62. The lowest BCUT2D eigenvalue weighted by Gasteiger charge is -2.20. The van der Waals surface area contributed by atoms with Gasteiger partial charge in [0.1, 0.15) is 18.9 Å². The van der Waals surface area contributed by atoms with Gasteiger partial charge in [0.2, 0.25) is 0 Å². The molecule has 132 valence electrons. The zero-order valence-corrected chi connectivity index (χ0v) is 13.1. The average molecular weight is 375 g/mol. The molecule has 0 saturated heterocycles. The van der Waals surface area contributed by atoms with Crippen molar-refractivity contribution < 1.29 is 27.4 Å². The van der Waals surface area contributed by atoms with Crippen molar-refractivity contribution in [3.8, 4) is 11.5 Å². The first-order valence-electron chi connectivity index (χ1n) is 6.96. The van der Waals surface area contributed by atoms with Crippen LogP contribution in [0.5, 0.6) is 11.5 Å². The molecular weight excluding hydrogens is 365 g/mol. The van der Waals surface area contributed by atoms with E-state index in [1.165, 1.54) is 12.1 Å². The van der Waals surface area contributed by atoms with Crippen molar-refractivity contribution >= 4 is 23.2 Å². The van der Waals surface area contributed by atoms with E-state index >= 15 is 0 Å². The second kappa shape index (κ2) is 6.32. The lowest BCUT2D eigenvalue weighted by molar-refractivity contribution is -0.137. The summed E-state index contributed by atoms with van der Waals surface area (Å²) in [6, 6.07) is 3.15. The molecule has 1 aliphatic heterocycles. The molecule has 1 aliphatic rings. The van der Waals surface area contributed by atoms with Crippen LogP contribution in [0.4, 0.5) is 18.9 Å². The fourth-order valence-corrected chi connectivity index (χ4v) is 2.44. The molecule has 0 aliphatic carbocycles. The number of halogens is 4. The third-order valence-electron chi connectivity index (χ3n) is 3.34. The van der Waals surface area contributed by atoms with Crippen LogP contribution in [-0.2, 0) is 6.18 Å². The van der Waals surface area contributed by atoms with E-state index in [0.717, 1.165) is 0 Å². The van der Waals surface area contributed by atoms with Crippen LogP contribution in [0.3, 0.4) is 0 Å². The monoisotopic (exact) mass is 374 g/mol. The standard InChI is InChI=1S/C15H10ClF3N2O4/c16-9-3-7(4-11-12(9)25-2-1-24-11)13(22)21-10-5-8(15(17,18)19)6-20-14(10)23/h3-6H,1-2H2,(H,20,23)(H,21,22). The van der Waals surface area contributed by atoms with Crippen molar-refractivity contribution in [2.75, 3.05) is 18.5 Å². The fourth-order valence-electron chi connectivity index (χ4n) is 2.18. The van der Waals surface area contributed by atoms with Crippen LogP contribution in [0.1, 0.15) is 15.9 Å². The van der Waals surface area contributed by atoms with Crippen molar-refractivity contribution in [2.45, 2.75) is 6.18 Å². The molecule has 1 aromatic heterocycles. The fraction of sp³-hybridized carbons (Fsp3) is 0.200. The Kier molecular flexibility index (Phi) is 4.34. The molecule has 1 aromatic carbocycles. The SMILES string of the molecule is O=C(Nc1cc(C(F)(F)F)c[nH]c1=O)c1cc(Cl)c2c(c1)OCCO2. The molecule has 0 spiro atoms. The Morgan fingerprint density at radius 2 is 1.92 bits per heavy atom. The van der Waals surface area contributed by atoms with E-state index in [1.54, 1.807) is 0 Å². The highest BCUT2D eigenvalue weighted by molar-refractivity contribution is 6.32. The molecule has 0 unspecified atom stereocenters. The smallest absolute Gasteiger partial charge is 0.417 e. The first-order valence-corrected chi connectivity index (χ1v) is 7.34. The second-order valence-corrected chi connectivity index (χ2v) is 5.47. The van der Waals surface area contributed by atoms with E-state index in [1.807, 2.05) is 4.98 Å². The average Bonchev–Trinajstić information content (AvgIpc) is 2.55. The molecule has 0 saturated carbocycles. The van der Waals surface area contributed by atoms with Crippen molar-refractivity contribution in [3.05, 3.63) is 50.9 Å². The Balaban J connectivity index is 1.91. The molecule has 1 amide bonds. The molecule has 2 N–H and O–H groups in total. The summed E-state index contributed by atoms with van der Waals surface area (Å²) in [5.41, 5.74) is -2.50. The molecular formula is C15H10ClF3N2O4. The van der Waals surface area contributed by atoms with E-state index in [-0.39, 0.29) is 28.7 Å². The van der Waals surface area contributed by atoms with E-state index < -0.39 is 28.9 Å². The summed E-state index contributed by atoms with van der Waals surface area (Å²) < 4.78 is 48.8. The maximum atomic E-state index is 12.7. The van der Waals surface area contributed by atoms with Crippen molar-refractivity contribution in [1.82, 2.24) is 4.98 Å². The Morgan fingerprint density at radius 3 is 2.64 bits per heavy atom. The molecule has 2 aromatic rings. The molecule has 0 fully saturated rings. The Morgan fingerprint density at radius 1 is 1.20 bits per heavy atom. The van der Waals surface area contributed by atoms with Crippen molar-refractivity contribution in [3.63, 3.8) is 0 Å². The predicted molar refractivity (Wildman–Crippen MR) is 82.5 cm³/mol. The number of nitrogens with one attached hydrogen (secondary N) is 2. The molecule has 6 nitrogen and oxygen atoms in total. The first kappa shape index (κ1) is 17.2. The van der Waals surface area contributed by atoms with Gasteiger partial charge in [-0.15, -0.1) is 0 Å². The number of alkyl halides is 3. The number of aromatic amines is 1. The molecule has 0 radical (unpaired) electrons. The van der Waals surface area contributed by atoms with E-state index in [0.29, 0.717) is 18.9 Å². The zero-order valence-electron chi connectivity index (χ0n) is 12.4. The van der Waals surface area contributed by atoms with Gasteiger partial charge in [-0.3, -0.25) is 9.59 Å². The number of hydrogen-bond donors (Lipinski definition) is 2. The maximum Gasteiger partial charge on any atom is 0.417 e. The van der Waals surface area contributed by atoms with Crippen LogP contribution in [-0.4, -0.2) is 24.1 Å². The highest BCUT2D eigenvalue weighted by Gasteiger charge is 2.31. The van der Waals surface area contributed by atoms with Crippen molar-refractivity contribution in [1.29, 1.82) is 0 Å². The minimum absolute atomic E-state index is 0.00561. The number of benzene rings is 1. The lowest BCUT2D eigenvalue weighted by atomic mass is 10.1. The molecule has 3 rings (SSSR count). The largest absolute Gasteiger partial charge is 0.486 e. The van der Waals surface area contributed by atoms with Gasteiger partial charge in [0.05, 0.1) is 10.6 Å². The van der Waals surface area contributed by atoms with Gasteiger partial charge >= 0.3 is 6.18 Å². The van der Waals surface area contributed by atoms with Crippen LogP contribution < -0.4 is 20.3 Å². The third kappa shape index (κ3) is 3.55. The summed E-state index contributed by atoms with van der Waals surface area (Å²) in [5, 5.41) is 2.25. The predicted octanol–water partition coefficient (Wildman–Crippen LogP) is 3.07. The number of carbonyl (C=O) groups is 1. The molecule has 2 heterocycles. The molecule has 10 heteroatoms. The zero-order chi connectivity index (χ0) is 18.2. The second-order valence-electron chi connectivity index (χ2n) is 5.07. The van der Waals surface area contributed by atoms with Gasteiger partial charge < -0.3 is 19.8 Å². The van der Waals surface area contributed by atoms with Crippen LogP contribution in [0.2, 0.25) is 5.02 Å². The normalized spacial score (nSPS) is 13.4. The number of rotatable bonds is 2. The van der Waals surface area contributed by atoms with E-state index in [4.69, 9.17) is 21.1 Å². The Hall–Kier alpha value is -2.68. The Bertz CT molecular complexity index is 895. The van der Waals surface area contributed by atoms with Crippen LogP contribution in [0.15, 0.2) is 29.2 Å². The number of fused-ring (bicyclic) bond motifs is 1. The summed E-state index contributed by atoms with van der Waals surface area (Å²) in [7, 11) is 0. The number of carbonyl (C=O) groups excluding carboxylic acids is 1. The highest BCUT2D eigenvalue weighted by atomic mass is 35.5. The van der Waals surface area contributed by atoms with Gasteiger partial charge in [0, 0.05) is 11.8 Å². The number of ether oxygens (including phenoxy) is 2. The van der Waals surface area contributed by atoms with Crippen LogP contribution in [0.25, 0.3) is 0 Å². The number of aromatic nitrogens is 1. The number of H-pyrrole nitrogens is 1. The molecule has 25 heavy (non-hydrogen) atoms. The minimum Gasteiger partial charge on any atom is -0.486 e. The number of hydrogen-bond acceptors (Lipinski definition) is 4. The van der Waals surface area contributed by atoms with Gasteiger partial charge in [-0.1, -0.05) is 11.6 Å². The Labute approximate surface area is 143 Å². The number of amides is 1. The first-order chi connectivity index (χ1) is 11.8. The summed E-state index contributed by atoms with van der Waals surface area (Å²) in [6.07, 6.45) is -4.14. The van der Waals surface area contributed by atoms with Gasteiger partial charge in [-0.2, -0.15) is 13.2 Å². The summed E-state index contributed by atoms with van der Waals surface area (Å²) >= 11 is 6.01. The molecule has 0 atom stereocenters. The summed E-state index contributed by atoms with van der Waals surface area (Å²) in [6.45, 7) is 0.569. The number of pyridine rings is 1. The summed E-state index contributed by atoms with van der Waals surface area (Å²) in [4.78, 5) is 25.9. The van der Waals surface area contributed by atoms with E-state index in [2.05, 4.69) is 5.32 Å². The summed E-state index contributed by atoms with van der Waals surface area (Å²) in [5.74, 6) is -0.299. The molecule has 0 bridgehead atoms. The van der Waals surface area contributed by atoms with E-state index in [9.17, 15) is 22.8 Å². The number of anilines is 1. The topological polar surface area (TPSA) is 80.4 Å². The van der Waals surface area contributed by atoms with Gasteiger partial charge in [0.15, 0.2) is 11.5 Å². The quantitative estimate of drug-likeness (QED) is 0.846. The maximum absolute atomic E-state index is 12.7. The van der Waals surface area contributed by atoms with Gasteiger partial charge in [-0.05, 0) is 18.2 Å². The van der Waals surface area contributed by atoms with Crippen LogP contribution >= 0.6 is 11.6 Å². The van der Waals surface area contributed by atoms with Gasteiger partial charge in [0.25, 0.3) is 11.5 Å². The highest BCUT2D eigenvalue weighted by Crippen LogP contribution is 2.38. The van der Waals surface area contributed by atoms with Crippen LogP contribution in [0, 0.1) is 0 Å². The van der Waals surface area contributed by atoms with Crippen molar-refractivity contribution in [2.24, 2.45) is 0 Å².